The number of carboxylic acids is 2. The van der Waals surface area contributed by atoms with Crippen molar-refractivity contribution in [3.8, 4) is 5.75 Å². The monoisotopic (exact) mass is 421 g/mol. The van der Waals surface area contributed by atoms with Crippen LogP contribution in [-0.2, 0) is 14.4 Å². The molecule has 0 aliphatic heterocycles. The van der Waals surface area contributed by atoms with Gasteiger partial charge in [0.25, 0.3) is 0 Å². The predicted molar refractivity (Wildman–Crippen MR) is 111 cm³/mol. The van der Waals surface area contributed by atoms with Crippen LogP contribution < -0.4 is 10.1 Å². The number of benzene rings is 1. The van der Waals surface area contributed by atoms with Crippen LogP contribution in [0, 0.1) is 0 Å². The van der Waals surface area contributed by atoms with E-state index in [2.05, 4.69) is 5.32 Å². The van der Waals surface area contributed by atoms with Gasteiger partial charge in [-0.3, -0.25) is 4.79 Å². The maximum absolute atomic E-state index is 11.8. The van der Waals surface area contributed by atoms with Gasteiger partial charge in [0.2, 0.25) is 5.91 Å². The van der Waals surface area contributed by atoms with Gasteiger partial charge in [0.1, 0.15) is 18.1 Å². The third-order valence-electron chi connectivity index (χ3n) is 4.62. The summed E-state index contributed by atoms with van der Waals surface area (Å²) in [5.41, 5.74) is 0.236. The molecule has 0 aromatic heterocycles. The highest BCUT2D eigenvalue weighted by atomic mass is 16.5. The highest BCUT2D eigenvalue weighted by Crippen LogP contribution is 2.14. The smallest absolute Gasteiger partial charge is 0.335 e. The molecule has 30 heavy (non-hydrogen) atoms. The van der Waals surface area contributed by atoms with Crippen LogP contribution in [-0.4, -0.2) is 47.0 Å². The van der Waals surface area contributed by atoms with Gasteiger partial charge in [-0.15, -0.1) is 0 Å². The number of aromatic carboxylic acids is 1. The molecule has 0 aliphatic rings. The number of unbranched alkanes of at least 4 members (excludes halogenated alkanes) is 6. The van der Waals surface area contributed by atoms with Crippen molar-refractivity contribution in [2.75, 3.05) is 6.61 Å². The summed E-state index contributed by atoms with van der Waals surface area (Å²) in [5.74, 6) is -1.70. The van der Waals surface area contributed by atoms with Crippen molar-refractivity contribution in [3.05, 3.63) is 29.8 Å². The number of aliphatic carboxylic acids is 1. The number of carbonyl (C=O) groups is 4. The van der Waals surface area contributed by atoms with Crippen LogP contribution in [0.5, 0.6) is 5.75 Å². The van der Waals surface area contributed by atoms with E-state index in [1.165, 1.54) is 12.1 Å². The minimum absolute atomic E-state index is 0.110. The Labute approximate surface area is 176 Å². The molecule has 1 amide bonds. The Kier molecular flexibility index (Phi) is 12.6. The van der Waals surface area contributed by atoms with Crippen LogP contribution in [0.15, 0.2) is 24.3 Å². The molecule has 166 valence electrons. The van der Waals surface area contributed by atoms with Crippen LogP contribution in [0.1, 0.15) is 74.6 Å². The highest BCUT2D eigenvalue weighted by molar-refractivity contribution is 5.87. The standard InChI is InChI=1S/C22H31NO7/c24-15-8-9-19(22(28)29)23-20(25)10-6-4-2-1-3-5-7-16-30-18-13-11-17(12-14-18)21(26)27/h11-15,19H,1-10,16H2,(H,23,25)(H,26,27)(H,28,29)/t19-/m0/s1. The summed E-state index contributed by atoms with van der Waals surface area (Å²) >= 11 is 0. The van der Waals surface area contributed by atoms with E-state index in [-0.39, 0.29) is 24.3 Å². The lowest BCUT2D eigenvalue weighted by atomic mass is 10.1. The zero-order chi connectivity index (χ0) is 22.2. The van der Waals surface area contributed by atoms with Gasteiger partial charge in [-0.2, -0.15) is 0 Å². The van der Waals surface area contributed by atoms with Gasteiger partial charge in [-0.1, -0.05) is 32.1 Å². The molecular formula is C22H31NO7. The predicted octanol–water partition coefficient (Wildman–Crippen LogP) is 3.43. The average Bonchev–Trinajstić information content (AvgIpc) is 2.72. The van der Waals surface area contributed by atoms with E-state index in [1.54, 1.807) is 12.1 Å². The van der Waals surface area contributed by atoms with Crippen molar-refractivity contribution >= 4 is 24.1 Å². The Morgan fingerprint density at radius 3 is 2.10 bits per heavy atom. The minimum Gasteiger partial charge on any atom is -0.494 e. The summed E-state index contributed by atoms with van der Waals surface area (Å²) < 4.78 is 5.59. The number of ether oxygens (including phenoxy) is 1. The van der Waals surface area contributed by atoms with E-state index in [4.69, 9.17) is 14.9 Å². The van der Waals surface area contributed by atoms with Gasteiger partial charge in [-0.05, 0) is 43.5 Å². The molecule has 0 saturated carbocycles. The maximum Gasteiger partial charge on any atom is 0.335 e. The Hall–Kier alpha value is -2.90. The van der Waals surface area contributed by atoms with Crippen molar-refractivity contribution in [1.82, 2.24) is 5.32 Å². The molecule has 3 N–H and O–H groups in total. The lowest BCUT2D eigenvalue weighted by molar-refractivity contribution is -0.142. The van der Waals surface area contributed by atoms with Gasteiger partial charge >= 0.3 is 11.9 Å². The molecule has 0 spiro atoms. The summed E-state index contributed by atoms with van der Waals surface area (Å²) in [6, 6.07) is 5.34. The highest BCUT2D eigenvalue weighted by Gasteiger charge is 2.18. The number of nitrogens with one attached hydrogen (secondary N) is 1. The summed E-state index contributed by atoms with van der Waals surface area (Å²) in [4.78, 5) is 43.9. The van der Waals surface area contributed by atoms with Gasteiger partial charge < -0.3 is 25.1 Å². The first-order valence-electron chi connectivity index (χ1n) is 10.4. The summed E-state index contributed by atoms with van der Waals surface area (Å²) in [5, 5.41) is 20.3. The number of carboxylic acid groups (broad SMARTS) is 2. The van der Waals surface area contributed by atoms with E-state index in [0.717, 1.165) is 38.5 Å². The van der Waals surface area contributed by atoms with Crippen LogP contribution in [0.3, 0.4) is 0 Å². The van der Waals surface area contributed by atoms with Gasteiger partial charge in [0.15, 0.2) is 0 Å². The van der Waals surface area contributed by atoms with E-state index in [1.807, 2.05) is 0 Å². The third kappa shape index (κ3) is 11.2. The van der Waals surface area contributed by atoms with E-state index < -0.39 is 18.0 Å². The largest absolute Gasteiger partial charge is 0.494 e. The maximum atomic E-state index is 11.8. The van der Waals surface area contributed by atoms with Crippen LogP contribution in [0.4, 0.5) is 0 Å². The number of hydrogen-bond donors (Lipinski definition) is 3. The van der Waals surface area contributed by atoms with Crippen molar-refractivity contribution in [2.45, 2.75) is 70.3 Å². The molecule has 0 bridgehead atoms. The van der Waals surface area contributed by atoms with Crippen molar-refractivity contribution < 1.29 is 34.1 Å². The van der Waals surface area contributed by atoms with E-state index in [0.29, 0.717) is 31.5 Å². The third-order valence-corrected chi connectivity index (χ3v) is 4.62. The lowest BCUT2D eigenvalue weighted by Crippen LogP contribution is -2.40. The molecule has 0 heterocycles. The second-order valence-electron chi connectivity index (χ2n) is 7.11. The summed E-state index contributed by atoms with van der Waals surface area (Å²) in [6.45, 7) is 0.585. The summed E-state index contributed by atoms with van der Waals surface area (Å²) in [7, 11) is 0. The molecule has 1 aromatic rings. The number of amides is 1. The van der Waals surface area contributed by atoms with E-state index in [9.17, 15) is 19.2 Å². The molecule has 8 heteroatoms. The molecular weight excluding hydrogens is 390 g/mol. The molecule has 1 atom stereocenters. The SMILES string of the molecule is O=CCC[C@H](NC(=O)CCCCCCCCCOc1ccc(C(=O)O)cc1)C(=O)O. The van der Waals surface area contributed by atoms with E-state index >= 15 is 0 Å². The first-order valence-corrected chi connectivity index (χ1v) is 10.4. The van der Waals surface area contributed by atoms with Crippen LogP contribution in [0.2, 0.25) is 0 Å². The fourth-order valence-corrected chi connectivity index (χ4v) is 2.91. The molecule has 0 fully saturated rings. The zero-order valence-electron chi connectivity index (χ0n) is 17.2. The van der Waals surface area contributed by atoms with Crippen molar-refractivity contribution in [2.24, 2.45) is 0 Å². The van der Waals surface area contributed by atoms with Crippen molar-refractivity contribution in [1.29, 1.82) is 0 Å². The zero-order valence-corrected chi connectivity index (χ0v) is 17.2. The lowest BCUT2D eigenvalue weighted by Gasteiger charge is -2.13. The Morgan fingerprint density at radius 1 is 0.933 bits per heavy atom. The normalized spacial score (nSPS) is 11.5. The van der Waals surface area contributed by atoms with Crippen molar-refractivity contribution in [3.63, 3.8) is 0 Å². The first kappa shape index (κ1) is 25.1. The quantitative estimate of drug-likeness (QED) is 0.259. The van der Waals surface area contributed by atoms with Gasteiger partial charge in [-0.25, -0.2) is 9.59 Å². The average molecular weight is 421 g/mol. The molecule has 0 unspecified atom stereocenters. The summed E-state index contributed by atoms with van der Waals surface area (Å²) in [6.07, 6.45) is 7.87. The fraction of sp³-hybridized carbons (Fsp3) is 0.545. The number of aldehydes is 1. The first-order chi connectivity index (χ1) is 14.4. The fourth-order valence-electron chi connectivity index (χ4n) is 2.91. The molecule has 1 aromatic carbocycles. The topological polar surface area (TPSA) is 130 Å². The Bertz CT molecular complexity index is 673. The number of rotatable bonds is 17. The molecule has 0 saturated heterocycles. The van der Waals surface area contributed by atoms with Crippen LogP contribution in [0.25, 0.3) is 0 Å². The molecule has 8 nitrogen and oxygen atoms in total. The Morgan fingerprint density at radius 2 is 1.53 bits per heavy atom. The number of hydrogen-bond acceptors (Lipinski definition) is 5. The minimum atomic E-state index is -1.12. The number of carbonyl (C=O) groups excluding carboxylic acids is 2. The second kappa shape index (κ2) is 15.0. The molecule has 0 radical (unpaired) electrons. The molecule has 0 aliphatic carbocycles. The second-order valence-corrected chi connectivity index (χ2v) is 7.11. The molecule has 1 rings (SSSR count). The van der Waals surface area contributed by atoms with Crippen LogP contribution >= 0.6 is 0 Å². The Balaban J connectivity index is 2.00. The van der Waals surface area contributed by atoms with Gasteiger partial charge in [0.05, 0.1) is 12.2 Å². The van der Waals surface area contributed by atoms with Gasteiger partial charge in [0, 0.05) is 12.8 Å².